The number of halogens is 3. The first-order valence-electron chi connectivity index (χ1n) is 13.3. The van der Waals surface area contributed by atoms with Gasteiger partial charge in [-0.1, -0.05) is 84.5 Å². The second-order valence-corrected chi connectivity index (χ2v) is 12.9. The predicted octanol–water partition coefficient (Wildman–Crippen LogP) is 6.87. The zero-order valence-electron chi connectivity index (χ0n) is 23.4. The summed E-state index contributed by atoms with van der Waals surface area (Å²) in [6.07, 6.45) is 0.998. The van der Waals surface area contributed by atoms with Gasteiger partial charge in [0.1, 0.15) is 12.6 Å². The molecule has 0 fully saturated rings. The van der Waals surface area contributed by atoms with Crippen LogP contribution in [-0.2, 0) is 26.2 Å². The van der Waals surface area contributed by atoms with Crippen LogP contribution in [0, 0.1) is 6.92 Å². The Labute approximate surface area is 257 Å². The van der Waals surface area contributed by atoms with Gasteiger partial charge in [0.25, 0.3) is 10.0 Å². The molecule has 0 aromatic heterocycles. The summed E-state index contributed by atoms with van der Waals surface area (Å²) in [7, 11) is -4.28. The van der Waals surface area contributed by atoms with Crippen LogP contribution in [0.2, 0.25) is 15.1 Å². The molecule has 0 aliphatic rings. The lowest BCUT2D eigenvalue weighted by atomic mass is 10.1. The van der Waals surface area contributed by atoms with E-state index < -0.39 is 28.5 Å². The van der Waals surface area contributed by atoms with Crippen molar-refractivity contribution in [3.8, 4) is 0 Å². The number of benzene rings is 3. The van der Waals surface area contributed by atoms with Crippen LogP contribution in [0.5, 0.6) is 0 Å². The molecule has 11 heteroatoms. The van der Waals surface area contributed by atoms with E-state index in [1.165, 1.54) is 35.2 Å². The molecule has 0 aliphatic carbocycles. The second kappa shape index (κ2) is 14.4. The van der Waals surface area contributed by atoms with Crippen LogP contribution in [0.15, 0.2) is 71.6 Å². The lowest BCUT2D eigenvalue weighted by Crippen LogP contribution is -2.53. The van der Waals surface area contributed by atoms with Crippen LogP contribution in [-0.4, -0.2) is 43.8 Å². The molecule has 2 amide bonds. The van der Waals surface area contributed by atoms with E-state index in [4.69, 9.17) is 34.8 Å². The third-order valence-electron chi connectivity index (χ3n) is 6.75. The highest BCUT2D eigenvalue weighted by Gasteiger charge is 2.35. The summed E-state index contributed by atoms with van der Waals surface area (Å²) < 4.78 is 28.9. The highest BCUT2D eigenvalue weighted by atomic mass is 35.5. The lowest BCUT2D eigenvalue weighted by Gasteiger charge is -2.34. The first-order valence-corrected chi connectivity index (χ1v) is 15.8. The molecular weight excluding hydrogens is 605 g/mol. The number of aryl methyl sites for hydroxylation is 1. The van der Waals surface area contributed by atoms with Crippen molar-refractivity contribution in [1.82, 2.24) is 10.2 Å². The first-order chi connectivity index (χ1) is 19.4. The maximum Gasteiger partial charge on any atom is 0.264 e. The number of sulfonamides is 1. The van der Waals surface area contributed by atoms with Crippen LogP contribution in [0.25, 0.3) is 0 Å². The third kappa shape index (κ3) is 8.16. The molecule has 41 heavy (non-hydrogen) atoms. The molecule has 0 saturated heterocycles. The number of hydrogen-bond donors (Lipinski definition) is 1. The molecule has 0 bridgehead atoms. The van der Waals surface area contributed by atoms with Gasteiger partial charge in [-0.2, -0.15) is 0 Å². The van der Waals surface area contributed by atoms with E-state index in [-0.39, 0.29) is 39.1 Å². The molecule has 220 valence electrons. The van der Waals surface area contributed by atoms with Crippen molar-refractivity contribution in [1.29, 1.82) is 0 Å². The summed E-state index contributed by atoms with van der Waals surface area (Å²) in [4.78, 5) is 28.9. The summed E-state index contributed by atoms with van der Waals surface area (Å²) in [6, 6.07) is 16.7. The van der Waals surface area contributed by atoms with Gasteiger partial charge < -0.3 is 10.2 Å². The summed E-state index contributed by atoms with van der Waals surface area (Å²) >= 11 is 19.1. The molecule has 0 spiro atoms. The summed E-state index contributed by atoms with van der Waals surface area (Å²) in [6.45, 7) is 6.82. The second-order valence-electron chi connectivity index (χ2n) is 9.78. The van der Waals surface area contributed by atoms with Crippen LogP contribution in [0.4, 0.5) is 5.69 Å². The van der Waals surface area contributed by atoms with E-state index >= 15 is 0 Å². The minimum Gasteiger partial charge on any atom is -0.352 e. The average Bonchev–Trinajstić information content (AvgIpc) is 2.94. The van der Waals surface area contributed by atoms with Gasteiger partial charge >= 0.3 is 0 Å². The Morgan fingerprint density at radius 2 is 1.56 bits per heavy atom. The van der Waals surface area contributed by atoms with Crippen molar-refractivity contribution in [2.75, 3.05) is 10.8 Å². The zero-order chi connectivity index (χ0) is 30.3. The van der Waals surface area contributed by atoms with Gasteiger partial charge in [0.15, 0.2) is 0 Å². The molecule has 0 aliphatic heterocycles. The summed E-state index contributed by atoms with van der Waals surface area (Å²) in [5.41, 5.74) is 1.53. The Hall–Kier alpha value is -2.78. The fourth-order valence-corrected chi connectivity index (χ4v) is 6.25. The molecule has 3 rings (SSSR count). The van der Waals surface area contributed by atoms with Gasteiger partial charge in [-0.15, -0.1) is 0 Å². The molecule has 2 atom stereocenters. The van der Waals surface area contributed by atoms with E-state index in [1.807, 2.05) is 20.8 Å². The monoisotopic (exact) mass is 637 g/mol. The largest absolute Gasteiger partial charge is 0.352 e. The number of hydrogen-bond acceptors (Lipinski definition) is 4. The van der Waals surface area contributed by atoms with Crippen molar-refractivity contribution >= 4 is 62.3 Å². The van der Waals surface area contributed by atoms with E-state index in [0.29, 0.717) is 23.4 Å². The van der Waals surface area contributed by atoms with Crippen LogP contribution >= 0.6 is 34.8 Å². The van der Waals surface area contributed by atoms with Gasteiger partial charge in [-0.25, -0.2) is 8.42 Å². The number of nitrogens with one attached hydrogen (secondary N) is 1. The van der Waals surface area contributed by atoms with Gasteiger partial charge in [-0.05, 0) is 68.7 Å². The Kier molecular flexibility index (Phi) is 11.5. The lowest BCUT2D eigenvalue weighted by molar-refractivity contribution is -0.140. The smallest absolute Gasteiger partial charge is 0.264 e. The number of nitrogens with zero attached hydrogens (tertiary/aromatic N) is 2. The standard InChI is InChI=1S/C30H34Cl3N3O4S/c1-5-21(4)34-30(38)27(6-2)35(18-22-9-7-8-10-25(22)32)29(37)19-36(28-17-23(31)13-16-26(28)33)41(39,40)24-14-11-20(3)12-15-24/h7-17,21,27H,5-6,18-19H2,1-4H3,(H,34,38)/t21-,27+/m0/s1. The Balaban J connectivity index is 2.11. The van der Waals surface area contributed by atoms with E-state index in [2.05, 4.69) is 5.32 Å². The molecule has 0 radical (unpaired) electrons. The molecule has 1 N–H and O–H groups in total. The van der Waals surface area contributed by atoms with Crippen molar-refractivity contribution in [3.63, 3.8) is 0 Å². The van der Waals surface area contributed by atoms with E-state index in [0.717, 1.165) is 9.87 Å². The minimum atomic E-state index is -4.28. The topological polar surface area (TPSA) is 86.8 Å². The summed E-state index contributed by atoms with van der Waals surface area (Å²) in [5, 5.41) is 3.70. The zero-order valence-corrected chi connectivity index (χ0v) is 26.5. The molecular formula is C30H34Cl3N3O4S. The molecule has 0 heterocycles. The average molecular weight is 639 g/mol. The normalized spacial score (nSPS) is 12.9. The van der Waals surface area contributed by atoms with Gasteiger partial charge in [0.2, 0.25) is 11.8 Å². The number of carbonyl (C=O) groups excluding carboxylic acids is 2. The Morgan fingerprint density at radius 1 is 0.902 bits per heavy atom. The fourth-order valence-electron chi connectivity index (χ4n) is 4.20. The molecule has 0 saturated carbocycles. The van der Waals surface area contributed by atoms with Crippen LogP contribution in [0.3, 0.4) is 0 Å². The predicted molar refractivity (Wildman–Crippen MR) is 166 cm³/mol. The van der Waals surface area contributed by atoms with Gasteiger partial charge in [-0.3, -0.25) is 13.9 Å². The number of amides is 2. The molecule has 0 unspecified atom stereocenters. The quantitative estimate of drug-likeness (QED) is 0.235. The first kappa shape index (κ1) is 32.7. The van der Waals surface area contributed by atoms with Crippen molar-refractivity contribution in [3.05, 3.63) is 92.9 Å². The van der Waals surface area contributed by atoms with Gasteiger partial charge in [0.05, 0.1) is 15.6 Å². The van der Waals surface area contributed by atoms with Crippen LogP contribution in [0.1, 0.15) is 44.7 Å². The highest BCUT2D eigenvalue weighted by molar-refractivity contribution is 7.92. The highest BCUT2D eigenvalue weighted by Crippen LogP contribution is 2.33. The van der Waals surface area contributed by atoms with Crippen LogP contribution < -0.4 is 9.62 Å². The fraction of sp³-hybridized carbons (Fsp3) is 0.333. The summed E-state index contributed by atoms with van der Waals surface area (Å²) in [5.74, 6) is -0.946. The van der Waals surface area contributed by atoms with Gasteiger partial charge in [0, 0.05) is 22.6 Å². The number of rotatable bonds is 12. The molecule has 3 aromatic carbocycles. The van der Waals surface area contributed by atoms with Crippen molar-refractivity contribution in [2.24, 2.45) is 0 Å². The molecule has 3 aromatic rings. The van der Waals surface area contributed by atoms with E-state index in [1.54, 1.807) is 43.3 Å². The number of anilines is 1. The van der Waals surface area contributed by atoms with Crippen molar-refractivity contribution in [2.45, 2.75) is 64.1 Å². The Bertz CT molecular complexity index is 1480. The van der Waals surface area contributed by atoms with E-state index in [9.17, 15) is 18.0 Å². The maximum absolute atomic E-state index is 14.2. The molecule has 7 nitrogen and oxygen atoms in total. The third-order valence-corrected chi connectivity index (χ3v) is 9.45. The maximum atomic E-state index is 14.2. The SMILES string of the molecule is CC[C@H](C(=O)N[C@@H](C)CC)N(Cc1ccccc1Cl)C(=O)CN(c1cc(Cl)ccc1Cl)S(=O)(=O)c1ccc(C)cc1. The minimum absolute atomic E-state index is 0.00730. The Morgan fingerprint density at radius 3 is 2.17 bits per heavy atom. The number of carbonyl (C=O) groups is 2. The van der Waals surface area contributed by atoms with Crippen molar-refractivity contribution < 1.29 is 18.0 Å².